The third kappa shape index (κ3) is 6.19. The molecule has 0 aliphatic heterocycles. The number of nitrogens with one attached hydrogen (secondary N) is 1. The van der Waals surface area contributed by atoms with Gasteiger partial charge in [0.15, 0.2) is 0 Å². The van der Waals surface area contributed by atoms with E-state index in [1.807, 2.05) is 19.1 Å². The second-order valence-corrected chi connectivity index (χ2v) is 9.18. The molecule has 0 amide bonds. The molecule has 5 heteroatoms. The van der Waals surface area contributed by atoms with E-state index in [9.17, 15) is 5.11 Å². The van der Waals surface area contributed by atoms with E-state index in [2.05, 4.69) is 61.6 Å². The molecule has 2 atom stereocenters. The maximum absolute atomic E-state index is 10.4. The lowest BCUT2D eigenvalue weighted by atomic mass is 9.93. The topological polar surface area (TPSA) is 41.5 Å². The fourth-order valence-electron chi connectivity index (χ4n) is 3.55. The standard InChI is InChI=1S/C25H29Cl2NO2/c1-17(22-9-6-10-23(26)24(22)27)30-16-21(29)15-28-25(2,3)14-18-11-12-19-7-4-5-8-20(19)13-18/h4-13,17,21,28-29H,14-16H2,1-3H3/t17?,21-/m1/s1. The first-order valence-corrected chi connectivity index (χ1v) is 11.0. The molecule has 3 aromatic carbocycles. The van der Waals surface area contributed by atoms with Crippen LogP contribution in [-0.2, 0) is 11.2 Å². The molecule has 0 heterocycles. The molecule has 0 aliphatic carbocycles. The van der Waals surface area contributed by atoms with Crippen LogP contribution in [0.15, 0.2) is 60.7 Å². The molecule has 0 aliphatic rings. The Morgan fingerprint density at radius 2 is 1.73 bits per heavy atom. The molecular weight excluding hydrogens is 417 g/mol. The highest BCUT2D eigenvalue weighted by atomic mass is 35.5. The predicted octanol–water partition coefficient (Wildman–Crippen LogP) is 6.20. The van der Waals surface area contributed by atoms with Crippen molar-refractivity contribution in [2.24, 2.45) is 0 Å². The van der Waals surface area contributed by atoms with E-state index in [1.165, 1.54) is 16.3 Å². The van der Waals surface area contributed by atoms with Crippen molar-refractivity contribution in [3.63, 3.8) is 0 Å². The number of fused-ring (bicyclic) bond motifs is 1. The van der Waals surface area contributed by atoms with Crippen LogP contribution >= 0.6 is 23.2 Å². The van der Waals surface area contributed by atoms with Crippen LogP contribution in [0.4, 0.5) is 0 Å². The van der Waals surface area contributed by atoms with E-state index in [0.29, 0.717) is 16.6 Å². The predicted molar refractivity (Wildman–Crippen MR) is 127 cm³/mol. The molecule has 2 N–H and O–H groups in total. The molecule has 0 bridgehead atoms. The van der Waals surface area contributed by atoms with E-state index in [1.54, 1.807) is 6.07 Å². The molecule has 160 valence electrons. The Bertz CT molecular complexity index is 990. The summed E-state index contributed by atoms with van der Waals surface area (Å²) in [6, 6.07) is 20.4. The average Bonchev–Trinajstić information content (AvgIpc) is 2.72. The highest BCUT2D eigenvalue weighted by molar-refractivity contribution is 6.42. The van der Waals surface area contributed by atoms with E-state index < -0.39 is 6.10 Å². The number of rotatable bonds is 9. The second-order valence-electron chi connectivity index (χ2n) is 8.40. The van der Waals surface area contributed by atoms with Crippen molar-refractivity contribution in [3.05, 3.63) is 81.8 Å². The maximum Gasteiger partial charge on any atom is 0.0898 e. The normalized spacial score (nSPS) is 14.1. The van der Waals surface area contributed by atoms with Crippen molar-refractivity contribution in [1.82, 2.24) is 5.32 Å². The zero-order valence-corrected chi connectivity index (χ0v) is 19.2. The molecule has 0 aromatic heterocycles. The van der Waals surface area contributed by atoms with Gasteiger partial charge in [-0.1, -0.05) is 77.8 Å². The lowest BCUT2D eigenvalue weighted by Crippen LogP contribution is -2.46. The summed E-state index contributed by atoms with van der Waals surface area (Å²) in [6.45, 7) is 6.84. The Morgan fingerprint density at radius 3 is 2.50 bits per heavy atom. The summed E-state index contributed by atoms with van der Waals surface area (Å²) < 4.78 is 5.82. The molecule has 1 unspecified atom stereocenters. The molecule has 30 heavy (non-hydrogen) atoms. The molecule has 3 aromatic rings. The smallest absolute Gasteiger partial charge is 0.0898 e. The van der Waals surface area contributed by atoms with E-state index in [4.69, 9.17) is 27.9 Å². The zero-order valence-electron chi connectivity index (χ0n) is 17.7. The van der Waals surface area contributed by atoms with Crippen molar-refractivity contribution in [1.29, 1.82) is 0 Å². The lowest BCUT2D eigenvalue weighted by Gasteiger charge is -2.28. The Balaban J connectivity index is 1.50. The van der Waals surface area contributed by atoms with E-state index >= 15 is 0 Å². The van der Waals surface area contributed by atoms with Gasteiger partial charge in [0.25, 0.3) is 0 Å². The lowest BCUT2D eigenvalue weighted by molar-refractivity contribution is -0.00413. The first-order valence-electron chi connectivity index (χ1n) is 10.2. The van der Waals surface area contributed by atoms with Crippen LogP contribution < -0.4 is 5.32 Å². The van der Waals surface area contributed by atoms with Gasteiger partial charge in [-0.05, 0) is 49.6 Å². The Hall–Kier alpha value is -1.62. The molecular formula is C25H29Cl2NO2. The number of aliphatic hydroxyl groups excluding tert-OH is 1. The highest BCUT2D eigenvalue weighted by Gasteiger charge is 2.20. The van der Waals surface area contributed by atoms with Gasteiger partial charge in [0.1, 0.15) is 0 Å². The van der Waals surface area contributed by atoms with Gasteiger partial charge in [-0.15, -0.1) is 0 Å². The summed E-state index contributed by atoms with van der Waals surface area (Å²) in [6.07, 6.45) is -0.0160. The maximum atomic E-state index is 10.4. The Kier molecular flexibility index (Phi) is 7.78. The number of hydrogen-bond acceptors (Lipinski definition) is 3. The van der Waals surface area contributed by atoms with Crippen molar-refractivity contribution in [2.75, 3.05) is 13.2 Å². The number of aliphatic hydroxyl groups is 1. The van der Waals surface area contributed by atoms with Crippen LogP contribution in [0.2, 0.25) is 10.0 Å². The minimum atomic E-state index is -0.624. The molecule has 3 rings (SSSR count). The second kappa shape index (κ2) is 10.1. The van der Waals surface area contributed by atoms with Crippen LogP contribution in [0.3, 0.4) is 0 Å². The first-order chi connectivity index (χ1) is 14.2. The third-order valence-electron chi connectivity index (χ3n) is 5.23. The van der Waals surface area contributed by atoms with Crippen LogP contribution in [0.5, 0.6) is 0 Å². The summed E-state index contributed by atoms with van der Waals surface area (Å²) >= 11 is 12.3. The van der Waals surface area contributed by atoms with Gasteiger partial charge < -0.3 is 15.2 Å². The Morgan fingerprint density at radius 1 is 1.00 bits per heavy atom. The van der Waals surface area contributed by atoms with Crippen molar-refractivity contribution in [3.8, 4) is 0 Å². The molecule has 0 spiro atoms. The SMILES string of the molecule is CC(OC[C@H](O)CNC(C)(C)Cc1ccc2ccccc2c1)c1cccc(Cl)c1Cl. The summed E-state index contributed by atoms with van der Waals surface area (Å²) in [5, 5.41) is 17.3. The third-order valence-corrected chi connectivity index (χ3v) is 6.07. The van der Waals surface area contributed by atoms with Crippen LogP contribution in [0.1, 0.15) is 38.0 Å². The van der Waals surface area contributed by atoms with Crippen molar-refractivity contribution >= 4 is 34.0 Å². The molecule has 3 nitrogen and oxygen atoms in total. The summed E-state index contributed by atoms with van der Waals surface area (Å²) in [5.74, 6) is 0. The zero-order chi connectivity index (χ0) is 21.7. The monoisotopic (exact) mass is 445 g/mol. The Labute approximate surface area is 189 Å². The minimum absolute atomic E-state index is 0.161. The summed E-state index contributed by atoms with van der Waals surface area (Å²) in [4.78, 5) is 0. The average molecular weight is 446 g/mol. The fourth-order valence-corrected chi connectivity index (χ4v) is 4.02. The van der Waals surface area contributed by atoms with E-state index in [0.717, 1.165) is 12.0 Å². The van der Waals surface area contributed by atoms with Gasteiger partial charge in [-0.25, -0.2) is 0 Å². The summed E-state index contributed by atoms with van der Waals surface area (Å²) in [7, 11) is 0. The highest BCUT2D eigenvalue weighted by Crippen LogP contribution is 2.31. The van der Waals surface area contributed by atoms with Crippen molar-refractivity contribution in [2.45, 2.75) is 44.9 Å². The molecule has 0 saturated carbocycles. The quantitative estimate of drug-likeness (QED) is 0.412. The first kappa shape index (κ1) is 23.1. The largest absolute Gasteiger partial charge is 0.389 e. The van der Waals surface area contributed by atoms with Gasteiger partial charge in [0.05, 0.1) is 28.9 Å². The van der Waals surface area contributed by atoms with Crippen LogP contribution in [0.25, 0.3) is 10.8 Å². The number of benzene rings is 3. The van der Waals surface area contributed by atoms with Crippen LogP contribution in [-0.4, -0.2) is 29.9 Å². The van der Waals surface area contributed by atoms with Gasteiger partial charge >= 0.3 is 0 Å². The van der Waals surface area contributed by atoms with Crippen molar-refractivity contribution < 1.29 is 9.84 Å². The van der Waals surface area contributed by atoms with Gasteiger partial charge in [-0.2, -0.15) is 0 Å². The number of ether oxygens (including phenoxy) is 1. The van der Waals surface area contributed by atoms with Gasteiger partial charge in [0.2, 0.25) is 0 Å². The van der Waals surface area contributed by atoms with E-state index in [-0.39, 0.29) is 18.2 Å². The summed E-state index contributed by atoms with van der Waals surface area (Å²) in [5.41, 5.74) is 1.92. The number of hydrogen-bond donors (Lipinski definition) is 2. The minimum Gasteiger partial charge on any atom is -0.389 e. The van der Waals surface area contributed by atoms with Gasteiger partial charge in [-0.3, -0.25) is 0 Å². The fraction of sp³-hybridized carbons (Fsp3) is 0.360. The number of halogens is 2. The van der Waals surface area contributed by atoms with Crippen LogP contribution in [0, 0.1) is 0 Å². The molecule has 0 fully saturated rings. The molecule has 0 radical (unpaired) electrons. The molecule has 0 saturated heterocycles. The number of β-amino-alcohol motifs (C(OH)–C–C–N with tert-alkyl or cyclic N) is 1. The van der Waals surface area contributed by atoms with Gasteiger partial charge in [0, 0.05) is 17.6 Å².